The van der Waals surface area contributed by atoms with E-state index in [2.05, 4.69) is 67.5 Å². The maximum absolute atomic E-state index is 14.5. The van der Waals surface area contributed by atoms with Gasteiger partial charge in [-0.15, -0.1) is 10.2 Å². The number of aliphatic imine (C=N–C) groups is 1. The smallest absolute Gasteiger partial charge is 0.345 e. The van der Waals surface area contributed by atoms with Gasteiger partial charge in [0, 0.05) is 5.56 Å². The summed E-state index contributed by atoms with van der Waals surface area (Å²) in [6, 6.07) is 12.0. The van der Waals surface area contributed by atoms with Gasteiger partial charge in [-0.05, 0) is 96.7 Å². The normalized spacial score (nSPS) is 21.0. The predicted octanol–water partition coefficient (Wildman–Crippen LogP) is 7.95. The van der Waals surface area contributed by atoms with Crippen LogP contribution in [0.3, 0.4) is 0 Å². The number of hydrogen-bond donors (Lipinski definition) is 2. The third-order valence-corrected chi connectivity index (χ3v) is 9.71. The molecule has 49 heavy (non-hydrogen) atoms. The molecule has 12 heteroatoms. The van der Waals surface area contributed by atoms with Gasteiger partial charge in [0.15, 0.2) is 5.82 Å². The highest BCUT2D eigenvalue weighted by Crippen LogP contribution is 2.50. The molecule has 2 aliphatic rings. The number of benzene rings is 2. The number of halogens is 3. The van der Waals surface area contributed by atoms with E-state index in [1.165, 1.54) is 12.1 Å². The zero-order valence-corrected chi connectivity index (χ0v) is 29.1. The molecule has 1 aromatic heterocycles. The number of carbonyl (C=O) groups excluding carboxylic acids is 2. The van der Waals surface area contributed by atoms with E-state index in [-0.39, 0.29) is 40.9 Å². The Hall–Kier alpha value is -4.35. The summed E-state index contributed by atoms with van der Waals surface area (Å²) in [6.07, 6.45) is 3.28. The molecule has 5 rings (SSSR count). The summed E-state index contributed by atoms with van der Waals surface area (Å²) in [5, 5.41) is 16.4. The van der Waals surface area contributed by atoms with Crippen LogP contribution >= 0.6 is 0 Å². The van der Waals surface area contributed by atoms with Crippen molar-refractivity contribution in [2.75, 3.05) is 0 Å². The lowest BCUT2D eigenvalue weighted by Gasteiger charge is -2.47. The van der Waals surface area contributed by atoms with Crippen molar-refractivity contribution >= 4 is 23.6 Å². The molecule has 0 saturated heterocycles. The van der Waals surface area contributed by atoms with Crippen molar-refractivity contribution in [2.24, 2.45) is 21.7 Å². The SMILES string of the molecule is CC(C)(C)CC[C@H](c1ccc(C(=O)NCc2nn[nH]n2)cc1)N1C(=O)C(C=Cc2cccc(C(F)(F)F)c2)=NC12CCC(C(C)(C)C)CC2. The first kappa shape index (κ1) is 35.9. The van der Waals surface area contributed by atoms with E-state index in [0.29, 0.717) is 42.1 Å². The van der Waals surface area contributed by atoms with Gasteiger partial charge < -0.3 is 10.2 Å². The zero-order chi connectivity index (χ0) is 35.6. The van der Waals surface area contributed by atoms with Crippen molar-refractivity contribution in [3.05, 3.63) is 82.7 Å². The van der Waals surface area contributed by atoms with E-state index < -0.39 is 17.4 Å². The van der Waals surface area contributed by atoms with E-state index in [0.717, 1.165) is 37.0 Å². The summed E-state index contributed by atoms with van der Waals surface area (Å²) in [4.78, 5) is 34.5. The number of rotatable bonds is 9. The van der Waals surface area contributed by atoms with Crippen LogP contribution in [0.25, 0.3) is 6.08 Å². The first-order valence-electron chi connectivity index (χ1n) is 16.8. The van der Waals surface area contributed by atoms with Crippen molar-refractivity contribution < 1.29 is 22.8 Å². The van der Waals surface area contributed by atoms with Gasteiger partial charge in [0.1, 0.15) is 11.4 Å². The summed E-state index contributed by atoms with van der Waals surface area (Å²) in [7, 11) is 0. The van der Waals surface area contributed by atoms with Crippen molar-refractivity contribution in [1.82, 2.24) is 30.8 Å². The first-order valence-corrected chi connectivity index (χ1v) is 16.8. The third-order valence-electron chi connectivity index (χ3n) is 9.71. The number of aromatic amines is 1. The highest BCUT2D eigenvalue weighted by molar-refractivity contribution is 6.45. The summed E-state index contributed by atoms with van der Waals surface area (Å²) >= 11 is 0. The average Bonchev–Trinajstić information content (AvgIpc) is 3.65. The second-order valence-corrected chi connectivity index (χ2v) is 15.5. The Balaban J connectivity index is 1.48. The van der Waals surface area contributed by atoms with Crippen molar-refractivity contribution in [3.63, 3.8) is 0 Å². The van der Waals surface area contributed by atoms with Gasteiger partial charge in [-0.1, -0.05) is 77.1 Å². The molecule has 0 bridgehead atoms. The Morgan fingerprint density at radius 2 is 1.73 bits per heavy atom. The van der Waals surface area contributed by atoms with E-state index in [4.69, 9.17) is 4.99 Å². The minimum Gasteiger partial charge on any atom is -0.345 e. The molecule has 2 aromatic carbocycles. The van der Waals surface area contributed by atoms with Crippen LogP contribution < -0.4 is 5.32 Å². The Kier molecular flexibility index (Phi) is 10.2. The van der Waals surface area contributed by atoms with Crippen LogP contribution in [0, 0.1) is 16.7 Å². The molecule has 1 spiro atoms. The standard InChI is InChI=1S/C37H46F3N7O2/c1-34(2,3)19-18-30(25-11-13-26(14-12-25)32(48)41-23-31-43-45-46-44-31)47-33(49)29(15-10-24-8-7-9-28(22-24)37(38,39)40)42-36(47)20-16-27(17-21-36)35(4,5)6/h7-15,22,27,30H,16-21,23H2,1-6H3,(H,41,48)(H,43,44,45,46)/t27?,30-,36?/m1/s1. The maximum atomic E-state index is 14.5. The molecule has 1 aliphatic heterocycles. The van der Waals surface area contributed by atoms with Gasteiger partial charge in [-0.2, -0.15) is 18.4 Å². The molecule has 2 amide bonds. The maximum Gasteiger partial charge on any atom is 0.416 e. The van der Waals surface area contributed by atoms with Gasteiger partial charge in [0.25, 0.3) is 11.8 Å². The second kappa shape index (κ2) is 13.9. The summed E-state index contributed by atoms with van der Waals surface area (Å²) in [5.41, 5.74) is 0.490. The Labute approximate surface area is 285 Å². The number of aromatic nitrogens is 4. The zero-order valence-electron chi connectivity index (χ0n) is 29.1. The number of hydrogen-bond acceptors (Lipinski definition) is 6. The van der Waals surface area contributed by atoms with Crippen LogP contribution in [0.2, 0.25) is 0 Å². The summed E-state index contributed by atoms with van der Waals surface area (Å²) < 4.78 is 40.2. The molecule has 1 saturated carbocycles. The minimum absolute atomic E-state index is 0.0137. The number of nitrogens with one attached hydrogen (secondary N) is 2. The topological polar surface area (TPSA) is 116 Å². The summed E-state index contributed by atoms with van der Waals surface area (Å²) in [5.74, 6) is 0.304. The first-order chi connectivity index (χ1) is 23.0. The molecule has 3 aromatic rings. The van der Waals surface area contributed by atoms with Crippen LogP contribution in [0.15, 0.2) is 59.6 Å². The van der Waals surface area contributed by atoms with E-state index in [9.17, 15) is 22.8 Å². The lowest BCUT2D eigenvalue weighted by molar-refractivity contribution is -0.137. The summed E-state index contributed by atoms with van der Waals surface area (Å²) in [6.45, 7) is 13.3. The number of H-pyrrole nitrogens is 1. The van der Waals surface area contributed by atoms with Crippen LogP contribution in [0.4, 0.5) is 13.2 Å². The third kappa shape index (κ3) is 8.63. The fraction of sp³-hybridized carbons (Fsp3) is 0.514. The fourth-order valence-corrected chi connectivity index (χ4v) is 6.86. The van der Waals surface area contributed by atoms with Crippen LogP contribution in [-0.2, 0) is 17.5 Å². The molecule has 0 unspecified atom stereocenters. The van der Waals surface area contributed by atoms with Gasteiger partial charge in [0.2, 0.25) is 0 Å². The molecule has 262 valence electrons. The van der Waals surface area contributed by atoms with Gasteiger partial charge in [-0.25, -0.2) is 0 Å². The highest BCUT2D eigenvalue weighted by atomic mass is 19.4. The minimum atomic E-state index is -4.47. The molecule has 1 fully saturated rings. The Morgan fingerprint density at radius 1 is 1.04 bits per heavy atom. The van der Waals surface area contributed by atoms with Gasteiger partial charge in [0.05, 0.1) is 18.2 Å². The molecular formula is C37H46F3N7O2. The molecule has 0 radical (unpaired) electrons. The lowest BCUT2D eigenvalue weighted by Crippen LogP contribution is -2.51. The largest absolute Gasteiger partial charge is 0.416 e. The van der Waals surface area contributed by atoms with Crippen molar-refractivity contribution in [3.8, 4) is 0 Å². The molecule has 1 aliphatic carbocycles. The number of carbonyl (C=O) groups is 2. The Bertz CT molecular complexity index is 1680. The van der Waals surface area contributed by atoms with Crippen LogP contribution in [0.5, 0.6) is 0 Å². The number of amides is 2. The predicted molar refractivity (Wildman–Crippen MR) is 182 cm³/mol. The van der Waals surface area contributed by atoms with E-state index >= 15 is 0 Å². The quantitative estimate of drug-likeness (QED) is 0.239. The van der Waals surface area contributed by atoms with Gasteiger partial charge in [-0.3, -0.25) is 14.6 Å². The molecule has 2 N–H and O–H groups in total. The Morgan fingerprint density at radius 3 is 2.33 bits per heavy atom. The number of tetrazole rings is 1. The van der Waals surface area contributed by atoms with E-state index in [1.54, 1.807) is 24.3 Å². The van der Waals surface area contributed by atoms with Crippen LogP contribution in [0.1, 0.15) is 119 Å². The number of nitrogens with zero attached hydrogens (tertiary/aromatic N) is 5. The highest BCUT2D eigenvalue weighted by Gasteiger charge is 2.52. The average molecular weight is 678 g/mol. The lowest BCUT2D eigenvalue weighted by atomic mass is 9.69. The molecule has 9 nitrogen and oxygen atoms in total. The monoisotopic (exact) mass is 677 g/mol. The number of alkyl halides is 3. The van der Waals surface area contributed by atoms with Crippen molar-refractivity contribution in [1.29, 1.82) is 0 Å². The van der Waals surface area contributed by atoms with Gasteiger partial charge >= 0.3 is 6.18 Å². The van der Waals surface area contributed by atoms with E-state index in [1.807, 2.05) is 17.0 Å². The molecule has 2 heterocycles. The fourth-order valence-electron chi connectivity index (χ4n) is 6.86. The second-order valence-electron chi connectivity index (χ2n) is 15.5. The molecular weight excluding hydrogens is 631 g/mol. The molecule has 1 atom stereocenters. The van der Waals surface area contributed by atoms with Crippen LogP contribution in [-0.4, -0.2) is 48.7 Å². The van der Waals surface area contributed by atoms with Crippen molar-refractivity contribution in [2.45, 2.75) is 104 Å².